The highest BCUT2D eigenvalue weighted by molar-refractivity contribution is 9.10. The monoisotopic (exact) mass is 331 g/mol. The zero-order valence-electron chi connectivity index (χ0n) is 11.6. The SMILES string of the molecule is CCC(CSC)N(C)Cc1cc(Br)ccc1OC. The van der Waals surface area contributed by atoms with Gasteiger partial charge in [-0.1, -0.05) is 22.9 Å². The van der Waals surface area contributed by atoms with Gasteiger partial charge in [-0.25, -0.2) is 0 Å². The van der Waals surface area contributed by atoms with E-state index in [1.165, 1.54) is 17.7 Å². The van der Waals surface area contributed by atoms with Crippen LogP contribution in [0.4, 0.5) is 0 Å². The summed E-state index contributed by atoms with van der Waals surface area (Å²) in [5.41, 5.74) is 1.23. The third-order valence-electron chi connectivity index (χ3n) is 3.12. The number of nitrogens with zero attached hydrogens (tertiary/aromatic N) is 1. The Balaban J connectivity index is 2.79. The molecule has 102 valence electrons. The van der Waals surface area contributed by atoms with Gasteiger partial charge < -0.3 is 4.74 Å². The van der Waals surface area contributed by atoms with Crippen molar-refractivity contribution >= 4 is 27.7 Å². The van der Waals surface area contributed by atoms with E-state index in [9.17, 15) is 0 Å². The molecule has 0 aliphatic carbocycles. The fourth-order valence-corrected chi connectivity index (χ4v) is 3.30. The van der Waals surface area contributed by atoms with Gasteiger partial charge in [0.15, 0.2) is 0 Å². The molecule has 1 aromatic carbocycles. The highest BCUT2D eigenvalue weighted by Crippen LogP contribution is 2.25. The summed E-state index contributed by atoms with van der Waals surface area (Å²) >= 11 is 5.43. The Labute approximate surface area is 123 Å². The van der Waals surface area contributed by atoms with Crippen LogP contribution in [0.3, 0.4) is 0 Å². The molecule has 0 aliphatic rings. The second kappa shape index (κ2) is 8.08. The molecule has 1 rings (SSSR count). The molecular weight excluding hydrogens is 310 g/mol. The smallest absolute Gasteiger partial charge is 0.123 e. The van der Waals surface area contributed by atoms with E-state index in [4.69, 9.17) is 4.74 Å². The van der Waals surface area contributed by atoms with Gasteiger partial charge >= 0.3 is 0 Å². The van der Waals surface area contributed by atoms with Crippen molar-refractivity contribution < 1.29 is 4.74 Å². The third kappa shape index (κ3) is 4.48. The number of halogens is 1. The molecule has 4 heteroatoms. The molecule has 0 amide bonds. The molecule has 0 spiro atoms. The predicted octanol–water partition coefficient (Wildman–Crippen LogP) is 4.03. The van der Waals surface area contributed by atoms with Crippen LogP contribution in [0.1, 0.15) is 18.9 Å². The maximum atomic E-state index is 5.42. The number of rotatable bonds is 7. The van der Waals surface area contributed by atoms with E-state index >= 15 is 0 Å². The minimum Gasteiger partial charge on any atom is -0.496 e. The molecule has 1 atom stereocenters. The molecule has 1 aromatic rings. The topological polar surface area (TPSA) is 12.5 Å². The lowest BCUT2D eigenvalue weighted by molar-refractivity contribution is 0.244. The Morgan fingerprint density at radius 2 is 2.17 bits per heavy atom. The number of benzene rings is 1. The maximum Gasteiger partial charge on any atom is 0.123 e. The molecule has 1 unspecified atom stereocenters. The van der Waals surface area contributed by atoms with Crippen LogP contribution in [0.5, 0.6) is 5.75 Å². The quantitative estimate of drug-likeness (QED) is 0.748. The average Bonchev–Trinajstić information content (AvgIpc) is 2.36. The van der Waals surface area contributed by atoms with E-state index in [2.05, 4.69) is 47.1 Å². The van der Waals surface area contributed by atoms with Gasteiger partial charge in [-0.05, 0) is 37.9 Å². The summed E-state index contributed by atoms with van der Waals surface area (Å²) in [5.74, 6) is 2.13. The van der Waals surface area contributed by atoms with E-state index in [0.717, 1.165) is 16.8 Å². The van der Waals surface area contributed by atoms with E-state index in [1.807, 2.05) is 23.9 Å². The summed E-state index contributed by atoms with van der Waals surface area (Å²) in [7, 11) is 3.91. The average molecular weight is 332 g/mol. The van der Waals surface area contributed by atoms with Crippen molar-refractivity contribution in [3.05, 3.63) is 28.2 Å². The van der Waals surface area contributed by atoms with Crippen molar-refractivity contribution in [2.45, 2.75) is 25.9 Å². The van der Waals surface area contributed by atoms with E-state index in [0.29, 0.717) is 6.04 Å². The van der Waals surface area contributed by atoms with E-state index < -0.39 is 0 Å². The van der Waals surface area contributed by atoms with Crippen LogP contribution < -0.4 is 4.74 Å². The first-order valence-electron chi connectivity index (χ1n) is 6.14. The molecule has 0 bridgehead atoms. The van der Waals surface area contributed by atoms with Gasteiger partial charge in [0.25, 0.3) is 0 Å². The highest BCUT2D eigenvalue weighted by Gasteiger charge is 2.14. The van der Waals surface area contributed by atoms with Crippen molar-refractivity contribution in [3.63, 3.8) is 0 Å². The largest absolute Gasteiger partial charge is 0.496 e. The molecule has 2 nitrogen and oxygen atoms in total. The first-order valence-corrected chi connectivity index (χ1v) is 8.32. The van der Waals surface area contributed by atoms with Gasteiger partial charge in [0.2, 0.25) is 0 Å². The second-order valence-corrected chi connectivity index (χ2v) is 6.22. The van der Waals surface area contributed by atoms with Gasteiger partial charge in [-0.15, -0.1) is 0 Å². The first kappa shape index (κ1) is 15.9. The summed E-state index contributed by atoms with van der Waals surface area (Å²) in [4.78, 5) is 2.40. The van der Waals surface area contributed by atoms with Crippen LogP contribution in [0, 0.1) is 0 Å². The number of ether oxygens (including phenoxy) is 1. The minimum absolute atomic E-state index is 0.615. The Kier molecular flexibility index (Phi) is 7.12. The second-order valence-electron chi connectivity index (χ2n) is 4.39. The van der Waals surface area contributed by atoms with Crippen LogP contribution in [-0.4, -0.2) is 37.1 Å². The van der Waals surface area contributed by atoms with Crippen LogP contribution in [0.15, 0.2) is 22.7 Å². The standard InChI is InChI=1S/C14H22BrNOS/c1-5-13(10-18-4)16(2)9-11-8-12(15)6-7-14(11)17-3/h6-8,13H,5,9-10H2,1-4H3. The molecule has 18 heavy (non-hydrogen) atoms. The van der Waals surface area contributed by atoms with Gasteiger partial charge in [0.05, 0.1) is 7.11 Å². The molecule has 0 aromatic heterocycles. The van der Waals surface area contributed by atoms with Crippen molar-refractivity contribution in [2.24, 2.45) is 0 Å². The minimum atomic E-state index is 0.615. The van der Waals surface area contributed by atoms with Gasteiger partial charge in [0.1, 0.15) is 5.75 Å². The first-order chi connectivity index (χ1) is 8.62. The van der Waals surface area contributed by atoms with Gasteiger partial charge in [-0.2, -0.15) is 11.8 Å². The van der Waals surface area contributed by atoms with Gasteiger partial charge in [0, 0.05) is 28.4 Å². The number of thioether (sulfide) groups is 1. The Bertz CT molecular complexity index is 373. The molecule has 0 heterocycles. The van der Waals surface area contributed by atoms with Crippen molar-refractivity contribution in [3.8, 4) is 5.75 Å². The number of methoxy groups -OCH3 is 1. The molecular formula is C14H22BrNOS. The molecule has 0 aliphatic heterocycles. The van der Waals surface area contributed by atoms with Crippen LogP contribution in [-0.2, 0) is 6.54 Å². The highest BCUT2D eigenvalue weighted by atomic mass is 79.9. The lowest BCUT2D eigenvalue weighted by Crippen LogP contribution is -2.32. The number of hydrogen-bond donors (Lipinski definition) is 0. The number of hydrogen-bond acceptors (Lipinski definition) is 3. The Hall–Kier alpha value is -0.190. The van der Waals surface area contributed by atoms with Crippen LogP contribution >= 0.6 is 27.7 Å². The lowest BCUT2D eigenvalue weighted by atomic mass is 10.1. The third-order valence-corrected chi connectivity index (χ3v) is 4.33. The van der Waals surface area contributed by atoms with Crippen molar-refractivity contribution in [1.29, 1.82) is 0 Å². The predicted molar refractivity (Wildman–Crippen MR) is 84.6 cm³/mol. The Morgan fingerprint density at radius 1 is 1.44 bits per heavy atom. The zero-order chi connectivity index (χ0) is 13.5. The van der Waals surface area contributed by atoms with E-state index in [-0.39, 0.29) is 0 Å². The maximum absolute atomic E-state index is 5.42. The molecule has 0 radical (unpaired) electrons. The summed E-state index contributed by atoms with van der Waals surface area (Å²) < 4.78 is 6.52. The summed E-state index contributed by atoms with van der Waals surface area (Å²) in [5, 5.41) is 0. The van der Waals surface area contributed by atoms with Gasteiger partial charge in [-0.3, -0.25) is 4.90 Å². The fraction of sp³-hybridized carbons (Fsp3) is 0.571. The molecule has 0 fully saturated rings. The summed E-state index contributed by atoms with van der Waals surface area (Å²) in [6.45, 7) is 3.16. The van der Waals surface area contributed by atoms with E-state index in [1.54, 1.807) is 7.11 Å². The molecule has 0 saturated heterocycles. The summed E-state index contributed by atoms with van der Waals surface area (Å²) in [6.07, 6.45) is 3.34. The summed E-state index contributed by atoms with van der Waals surface area (Å²) in [6, 6.07) is 6.79. The van der Waals surface area contributed by atoms with Crippen molar-refractivity contribution in [2.75, 3.05) is 26.2 Å². The van der Waals surface area contributed by atoms with Crippen molar-refractivity contribution in [1.82, 2.24) is 4.90 Å². The van der Waals surface area contributed by atoms with Crippen LogP contribution in [0.25, 0.3) is 0 Å². The lowest BCUT2D eigenvalue weighted by Gasteiger charge is -2.27. The fourth-order valence-electron chi connectivity index (χ4n) is 2.02. The van der Waals surface area contributed by atoms with Crippen LogP contribution in [0.2, 0.25) is 0 Å². The zero-order valence-corrected chi connectivity index (χ0v) is 14.0. The normalized spacial score (nSPS) is 12.8. The Morgan fingerprint density at radius 3 is 2.72 bits per heavy atom. The molecule has 0 saturated carbocycles. The molecule has 0 N–H and O–H groups in total.